The van der Waals surface area contributed by atoms with Crippen LogP contribution < -0.4 is 0 Å². The molecule has 2 atom stereocenters. The molecule has 0 N–H and O–H groups in total. The van der Waals surface area contributed by atoms with Gasteiger partial charge in [-0.25, -0.2) is 0 Å². The van der Waals surface area contributed by atoms with Gasteiger partial charge in [0.1, 0.15) is 5.84 Å². The van der Waals surface area contributed by atoms with Crippen LogP contribution in [0.3, 0.4) is 0 Å². The molecule has 0 saturated heterocycles. The van der Waals surface area contributed by atoms with Crippen molar-refractivity contribution in [3.63, 3.8) is 0 Å². The lowest BCUT2D eigenvalue weighted by atomic mass is 9.81. The van der Waals surface area contributed by atoms with Gasteiger partial charge in [-0.05, 0) is 18.1 Å². The van der Waals surface area contributed by atoms with Gasteiger partial charge in [0.2, 0.25) is 0 Å². The Labute approximate surface area is 126 Å². The summed E-state index contributed by atoms with van der Waals surface area (Å²) in [5, 5.41) is 0. The summed E-state index contributed by atoms with van der Waals surface area (Å²) in [5.74, 6) is 1.40. The first-order valence-corrected chi connectivity index (χ1v) is 7.31. The Morgan fingerprint density at radius 1 is 1.38 bits per heavy atom. The maximum absolute atomic E-state index is 4.93. The molecular formula is C18H21N3. The van der Waals surface area contributed by atoms with Crippen molar-refractivity contribution in [3.05, 3.63) is 53.2 Å². The van der Waals surface area contributed by atoms with Crippen molar-refractivity contribution in [1.29, 1.82) is 0 Å². The summed E-state index contributed by atoms with van der Waals surface area (Å²) in [7, 11) is 3.89. The zero-order valence-corrected chi connectivity index (χ0v) is 13.1. The summed E-state index contributed by atoms with van der Waals surface area (Å²) >= 11 is 0. The molecule has 0 aromatic heterocycles. The number of aliphatic imine (C=N–C) groups is 2. The maximum Gasteiger partial charge on any atom is 0.136 e. The van der Waals surface area contributed by atoms with Gasteiger partial charge in [0, 0.05) is 43.1 Å². The number of benzene rings is 1. The Morgan fingerprint density at radius 3 is 2.81 bits per heavy atom. The molecule has 2 unspecified atom stereocenters. The third-order valence-electron chi connectivity index (χ3n) is 4.59. The van der Waals surface area contributed by atoms with Crippen LogP contribution in [0.25, 0.3) is 5.57 Å². The van der Waals surface area contributed by atoms with Gasteiger partial charge in [-0.2, -0.15) is 0 Å². The van der Waals surface area contributed by atoms with Crippen LogP contribution in [0.4, 0.5) is 0 Å². The zero-order valence-electron chi connectivity index (χ0n) is 13.1. The van der Waals surface area contributed by atoms with Gasteiger partial charge in [0.25, 0.3) is 0 Å². The van der Waals surface area contributed by atoms with Crippen LogP contribution in [0.5, 0.6) is 0 Å². The molecule has 2 aliphatic heterocycles. The van der Waals surface area contributed by atoms with E-state index >= 15 is 0 Å². The molecule has 21 heavy (non-hydrogen) atoms. The Kier molecular flexibility index (Phi) is 3.28. The summed E-state index contributed by atoms with van der Waals surface area (Å²) in [6.45, 7) is 8.29. The van der Waals surface area contributed by atoms with Crippen molar-refractivity contribution < 1.29 is 0 Å². The van der Waals surface area contributed by atoms with Crippen molar-refractivity contribution in [2.45, 2.75) is 25.8 Å². The molecule has 0 fully saturated rings. The van der Waals surface area contributed by atoms with Crippen LogP contribution in [0, 0.1) is 0 Å². The predicted molar refractivity (Wildman–Crippen MR) is 90.2 cm³/mol. The highest BCUT2D eigenvalue weighted by molar-refractivity contribution is 6.20. The van der Waals surface area contributed by atoms with Gasteiger partial charge in [-0.1, -0.05) is 31.2 Å². The molecular weight excluding hydrogens is 258 g/mol. The molecule has 0 amide bonds. The summed E-state index contributed by atoms with van der Waals surface area (Å²) in [5.41, 5.74) is 6.21. The molecule has 3 rings (SSSR count). The van der Waals surface area contributed by atoms with E-state index < -0.39 is 0 Å². The highest BCUT2D eigenvalue weighted by Gasteiger charge is 2.34. The topological polar surface area (TPSA) is 28.0 Å². The van der Waals surface area contributed by atoms with Gasteiger partial charge in [-0.15, -0.1) is 6.58 Å². The minimum atomic E-state index is 0.138. The average molecular weight is 279 g/mol. The van der Waals surface area contributed by atoms with E-state index in [9.17, 15) is 0 Å². The molecule has 0 saturated carbocycles. The van der Waals surface area contributed by atoms with E-state index in [2.05, 4.69) is 55.6 Å². The highest BCUT2D eigenvalue weighted by atomic mass is 15.2. The van der Waals surface area contributed by atoms with Gasteiger partial charge in [-0.3, -0.25) is 9.98 Å². The van der Waals surface area contributed by atoms with Crippen LogP contribution in [-0.4, -0.2) is 37.1 Å². The Bertz CT molecular complexity index is 694. The second-order valence-electron chi connectivity index (χ2n) is 5.68. The van der Waals surface area contributed by atoms with Crippen molar-refractivity contribution in [2.75, 3.05) is 14.1 Å². The second-order valence-corrected chi connectivity index (χ2v) is 5.68. The number of nitrogens with zero attached hydrogens (tertiary/aromatic N) is 3. The largest absolute Gasteiger partial charge is 0.333 e. The lowest BCUT2D eigenvalue weighted by Crippen LogP contribution is -2.37. The van der Waals surface area contributed by atoms with Crippen LogP contribution >= 0.6 is 0 Å². The van der Waals surface area contributed by atoms with Crippen LogP contribution in [0.15, 0.2) is 46.5 Å². The third kappa shape index (κ3) is 1.88. The van der Waals surface area contributed by atoms with Gasteiger partial charge in [0.15, 0.2) is 0 Å². The molecule has 3 heteroatoms. The van der Waals surface area contributed by atoms with Crippen molar-refractivity contribution in [3.8, 4) is 0 Å². The fourth-order valence-corrected chi connectivity index (χ4v) is 3.26. The quantitative estimate of drug-likeness (QED) is 0.601. The van der Waals surface area contributed by atoms with Gasteiger partial charge in [0.05, 0.1) is 6.04 Å². The van der Waals surface area contributed by atoms with Gasteiger partial charge >= 0.3 is 0 Å². The SMILES string of the molecule is C=CC1N=C2c3c(cccc3C1C)C(/C=N\C)=C(C)N2C. The van der Waals surface area contributed by atoms with E-state index in [4.69, 9.17) is 4.99 Å². The second kappa shape index (κ2) is 4.99. The maximum atomic E-state index is 4.93. The summed E-state index contributed by atoms with van der Waals surface area (Å²) < 4.78 is 0. The van der Waals surface area contributed by atoms with E-state index in [0.717, 1.165) is 5.84 Å². The minimum Gasteiger partial charge on any atom is -0.333 e. The summed E-state index contributed by atoms with van der Waals surface area (Å²) in [4.78, 5) is 11.3. The molecule has 0 aliphatic carbocycles. The molecule has 2 heterocycles. The summed E-state index contributed by atoms with van der Waals surface area (Å²) in [6, 6.07) is 6.65. The lowest BCUT2D eigenvalue weighted by molar-refractivity contribution is 0.580. The van der Waals surface area contributed by atoms with Crippen LogP contribution in [-0.2, 0) is 0 Å². The van der Waals surface area contributed by atoms with E-state index in [1.165, 1.54) is 28.0 Å². The van der Waals surface area contributed by atoms with E-state index in [-0.39, 0.29) is 6.04 Å². The molecule has 108 valence electrons. The van der Waals surface area contributed by atoms with Gasteiger partial charge < -0.3 is 4.90 Å². The zero-order chi connectivity index (χ0) is 15.1. The standard InChI is InChI=1S/C18H21N3/c1-6-16-11(2)13-8-7-9-14-15(10-19-4)12(3)21(5)18(20-16)17(13)14/h6-11,16H,1H2,2-5H3/b19-10-. The van der Waals surface area contributed by atoms with E-state index in [0.29, 0.717) is 5.92 Å². The molecule has 2 aliphatic rings. The highest BCUT2D eigenvalue weighted by Crippen LogP contribution is 2.39. The summed E-state index contributed by atoms with van der Waals surface area (Å²) in [6.07, 6.45) is 3.89. The van der Waals surface area contributed by atoms with Crippen molar-refractivity contribution in [2.24, 2.45) is 9.98 Å². The van der Waals surface area contributed by atoms with E-state index in [1.54, 1.807) is 0 Å². The minimum absolute atomic E-state index is 0.138. The molecule has 0 bridgehead atoms. The fourth-order valence-electron chi connectivity index (χ4n) is 3.26. The number of allylic oxidation sites excluding steroid dienone is 2. The third-order valence-corrected chi connectivity index (χ3v) is 4.59. The van der Waals surface area contributed by atoms with E-state index in [1.807, 2.05) is 19.3 Å². The fraction of sp³-hybridized carbons (Fsp3) is 0.333. The van der Waals surface area contributed by atoms with Crippen molar-refractivity contribution in [1.82, 2.24) is 4.90 Å². The molecule has 1 aromatic rings. The smallest absolute Gasteiger partial charge is 0.136 e. The first-order chi connectivity index (χ1) is 10.1. The van der Waals surface area contributed by atoms with Crippen molar-refractivity contribution >= 4 is 17.6 Å². The first-order valence-electron chi connectivity index (χ1n) is 7.31. The molecule has 3 nitrogen and oxygen atoms in total. The first kappa shape index (κ1) is 13.8. The van der Waals surface area contributed by atoms with Crippen LogP contribution in [0.2, 0.25) is 0 Å². The molecule has 1 aromatic carbocycles. The predicted octanol–water partition coefficient (Wildman–Crippen LogP) is 3.48. The number of amidine groups is 1. The monoisotopic (exact) mass is 279 g/mol. The van der Waals surface area contributed by atoms with Crippen LogP contribution in [0.1, 0.15) is 36.5 Å². The number of hydrogen-bond donors (Lipinski definition) is 0. The Balaban J connectivity index is 2.34. The Hall–Kier alpha value is -2.16. The Morgan fingerprint density at radius 2 is 2.14 bits per heavy atom. The number of hydrogen-bond acceptors (Lipinski definition) is 3. The normalized spacial score (nSPS) is 24.2. The average Bonchev–Trinajstić information content (AvgIpc) is 2.50. The number of rotatable bonds is 2. The lowest BCUT2D eigenvalue weighted by Gasteiger charge is -2.37. The molecule has 0 spiro atoms. The molecule has 0 radical (unpaired) electrons.